The largest absolute Gasteiger partial charge is 0.360 e. The molecule has 156 valence electrons. The molecule has 2 aromatic rings. The monoisotopic (exact) mass is 403 g/mol. The van der Waals surface area contributed by atoms with Gasteiger partial charge in [0.1, 0.15) is 11.6 Å². The topological polar surface area (TPSA) is 90.7 Å². The van der Waals surface area contributed by atoms with E-state index in [1.54, 1.807) is 19.1 Å². The number of piperazine rings is 1. The summed E-state index contributed by atoms with van der Waals surface area (Å²) in [4.78, 5) is 28.8. The summed E-state index contributed by atoms with van der Waals surface area (Å²) in [5, 5.41) is 9.26. The van der Waals surface area contributed by atoms with Crippen molar-refractivity contribution in [3.8, 4) is 0 Å². The van der Waals surface area contributed by atoms with E-state index in [2.05, 4.69) is 20.7 Å². The molecule has 2 amide bonds. The van der Waals surface area contributed by atoms with E-state index in [1.165, 1.54) is 12.1 Å². The minimum Gasteiger partial charge on any atom is -0.360 e. The lowest BCUT2D eigenvalue weighted by atomic mass is 10.1. The van der Waals surface area contributed by atoms with Gasteiger partial charge in [0.05, 0.1) is 12.6 Å². The summed E-state index contributed by atoms with van der Waals surface area (Å²) in [6.07, 6.45) is 0. The van der Waals surface area contributed by atoms with Gasteiger partial charge in [-0.1, -0.05) is 11.2 Å². The number of carbonyl (C=O) groups is 2. The second kappa shape index (κ2) is 9.15. The van der Waals surface area contributed by atoms with Gasteiger partial charge >= 0.3 is 0 Å². The first-order valence-corrected chi connectivity index (χ1v) is 9.58. The van der Waals surface area contributed by atoms with Crippen molar-refractivity contribution in [1.82, 2.24) is 15.0 Å². The van der Waals surface area contributed by atoms with Crippen LogP contribution in [0.2, 0.25) is 0 Å². The number of nitrogens with one attached hydrogen (secondary N) is 2. The number of rotatable bonds is 6. The predicted molar refractivity (Wildman–Crippen MR) is 107 cm³/mol. The number of nitrogens with zero attached hydrogens (tertiary/aromatic N) is 3. The molecule has 29 heavy (non-hydrogen) atoms. The van der Waals surface area contributed by atoms with Gasteiger partial charge in [0.25, 0.3) is 0 Å². The van der Waals surface area contributed by atoms with E-state index in [9.17, 15) is 14.0 Å². The van der Waals surface area contributed by atoms with Crippen molar-refractivity contribution >= 4 is 23.3 Å². The number of anilines is 2. The third-order valence-corrected chi connectivity index (χ3v) is 5.05. The molecule has 8 nitrogen and oxygen atoms in total. The van der Waals surface area contributed by atoms with Crippen molar-refractivity contribution in [3.05, 3.63) is 41.4 Å². The Balaban J connectivity index is 1.46. The Bertz CT molecular complexity index is 877. The van der Waals surface area contributed by atoms with Crippen LogP contribution < -0.4 is 10.6 Å². The van der Waals surface area contributed by atoms with Crippen molar-refractivity contribution < 1.29 is 18.5 Å². The highest BCUT2D eigenvalue weighted by molar-refractivity contribution is 5.95. The van der Waals surface area contributed by atoms with Crippen LogP contribution in [0.15, 0.2) is 28.8 Å². The number of halogens is 1. The highest BCUT2D eigenvalue weighted by Crippen LogP contribution is 2.17. The minimum absolute atomic E-state index is 0.154. The van der Waals surface area contributed by atoms with E-state index >= 15 is 0 Å². The first-order chi connectivity index (χ1) is 13.8. The maximum Gasteiger partial charge on any atom is 0.241 e. The van der Waals surface area contributed by atoms with Crippen LogP contribution in [0.1, 0.15) is 18.2 Å². The molecule has 1 aliphatic heterocycles. The van der Waals surface area contributed by atoms with Gasteiger partial charge in [0.15, 0.2) is 5.82 Å². The minimum atomic E-state index is -0.383. The van der Waals surface area contributed by atoms with Crippen molar-refractivity contribution in [1.29, 1.82) is 0 Å². The normalized spacial score (nSPS) is 16.4. The fourth-order valence-electron chi connectivity index (χ4n) is 3.25. The molecule has 1 aromatic carbocycles. The SMILES string of the molecule is Cc1cc(NC(=O)CN2CCN(C(C)C(=O)Nc3cc(F)ccc3C)CC2)no1. The zero-order chi connectivity index (χ0) is 21.0. The molecule has 0 saturated carbocycles. The number of hydrogen-bond acceptors (Lipinski definition) is 6. The van der Waals surface area contributed by atoms with Crippen molar-refractivity contribution in [2.75, 3.05) is 43.4 Å². The van der Waals surface area contributed by atoms with Crippen molar-refractivity contribution in [2.24, 2.45) is 0 Å². The zero-order valence-corrected chi connectivity index (χ0v) is 16.9. The van der Waals surface area contributed by atoms with Crippen LogP contribution in [-0.4, -0.2) is 65.5 Å². The van der Waals surface area contributed by atoms with Gasteiger partial charge in [-0.15, -0.1) is 0 Å². The summed E-state index contributed by atoms with van der Waals surface area (Å²) >= 11 is 0. The summed E-state index contributed by atoms with van der Waals surface area (Å²) in [6, 6.07) is 5.64. The molecule has 0 spiro atoms. The molecule has 1 aromatic heterocycles. The lowest BCUT2D eigenvalue weighted by Crippen LogP contribution is -2.53. The average Bonchev–Trinajstić information content (AvgIpc) is 3.09. The lowest BCUT2D eigenvalue weighted by Gasteiger charge is -2.37. The number of amides is 2. The van der Waals surface area contributed by atoms with E-state index in [0.717, 1.165) is 5.56 Å². The molecule has 0 aliphatic carbocycles. The Morgan fingerprint density at radius 2 is 1.90 bits per heavy atom. The van der Waals surface area contributed by atoms with Gasteiger partial charge in [-0.2, -0.15) is 0 Å². The van der Waals surface area contributed by atoms with Gasteiger partial charge < -0.3 is 15.2 Å². The van der Waals surface area contributed by atoms with Crippen LogP contribution in [0.4, 0.5) is 15.9 Å². The molecule has 0 radical (unpaired) electrons. The molecule has 9 heteroatoms. The van der Waals surface area contributed by atoms with Crippen molar-refractivity contribution in [2.45, 2.75) is 26.8 Å². The smallest absolute Gasteiger partial charge is 0.241 e. The van der Waals surface area contributed by atoms with Gasteiger partial charge in [-0.05, 0) is 38.5 Å². The van der Waals surface area contributed by atoms with Crippen molar-refractivity contribution in [3.63, 3.8) is 0 Å². The first kappa shape index (κ1) is 20.9. The second-order valence-corrected chi connectivity index (χ2v) is 7.31. The molecule has 3 rings (SSSR count). The van der Waals surface area contributed by atoms with E-state index in [4.69, 9.17) is 4.52 Å². The average molecular weight is 403 g/mol. The summed E-state index contributed by atoms with van der Waals surface area (Å²) in [6.45, 7) is 8.32. The summed E-state index contributed by atoms with van der Waals surface area (Å²) < 4.78 is 18.4. The maximum atomic E-state index is 13.4. The Kier molecular flexibility index (Phi) is 6.60. The van der Waals surface area contributed by atoms with Crippen LogP contribution in [0.3, 0.4) is 0 Å². The number of carbonyl (C=O) groups excluding carboxylic acids is 2. The molecule has 1 atom stereocenters. The highest BCUT2D eigenvalue weighted by atomic mass is 19.1. The molecule has 1 saturated heterocycles. The molecule has 2 heterocycles. The summed E-state index contributed by atoms with van der Waals surface area (Å²) in [5.41, 5.74) is 1.30. The van der Waals surface area contributed by atoms with Crippen LogP contribution in [0.25, 0.3) is 0 Å². The Morgan fingerprint density at radius 3 is 2.55 bits per heavy atom. The van der Waals surface area contributed by atoms with E-state index < -0.39 is 0 Å². The second-order valence-electron chi connectivity index (χ2n) is 7.31. The Labute approximate surface area is 169 Å². The maximum absolute atomic E-state index is 13.4. The highest BCUT2D eigenvalue weighted by Gasteiger charge is 2.26. The fraction of sp³-hybridized carbons (Fsp3) is 0.450. The van der Waals surface area contributed by atoms with Crippen LogP contribution in [0.5, 0.6) is 0 Å². The fourth-order valence-corrected chi connectivity index (χ4v) is 3.25. The van der Waals surface area contributed by atoms with E-state index in [-0.39, 0.29) is 30.2 Å². The molecular formula is C20H26FN5O3. The predicted octanol–water partition coefficient (Wildman–Crippen LogP) is 2.01. The van der Waals surface area contributed by atoms with E-state index in [0.29, 0.717) is 43.4 Å². The molecule has 1 unspecified atom stereocenters. The van der Waals surface area contributed by atoms with Gasteiger partial charge in [0.2, 0.25) is 11.8 Å². The van der Waals surface area contributed by atoms with Crippen LogP contribution >= 0.6 is 0 Å². The summed E-state index contributed by atoms with van der Waals surface area (Å²) in [5.74, 6) is 0.329. The summed E-state index contributed by atoms with van der Waals surface area (Å²) in [7, 11) is 0. The first-order valence-electron chi connectivity index (χ1n) is 9.58. The third-order valence-electron chi connectivity index (χ3n) is 5.05. The number of benzene rings is 1. The molecule has 1 aliphatic rings. The van der Waals surface area contributed by atoms with Crippen LogP contribution in [0, 0.1) is 19.7 Å². The lowest BCUT2D eigenvalue weighted by molar-refractivity contribution is -0.122. The third kappa shape index (κ3) is 5.61. The quantitative estimate of drug-likeness (QED) is 0.767. The van der Waals surface area contributed by atoms with Gasteiger partial charge in [-0.25, -0.2) is 4.39 Å². The standard InChI is InChI=1S/C20H26FN5O3/c1-13-4-5-16(21)11-17(13)22-20(28)15(3)26-8-6-25(7-9-26)12-19(27)23-18-10-14(2)29-24-18/h4-5,10-11,15H,6-9,12H2,1-3H3,(H,22,28)(H,23,24,27). The Hall–Kier alpha value is -2.78. The van der Waals surface area contributed by atoms with Gasteiger partial charge in [0, 0.05) is 37.9 Å². The number of aromatic nitrogens is 1. The van der Waals surface area contributed by atoms with Crippen LogP contribution in [-0.2, 0) is 9.59 Å². The van der Waals surface area contributed by atoms with Gasteiger partial charge in [-0.3, -0.25) is 19.4 Å². The molecule has 1 fully saturated rings. The number of aryl methyl sites for hydroxylation is 2. The zero-order valence-electron chi connectivity index (χ0n) is 16.9. The molecule has 0 bridgehead atoms. The Morgan fingerprint density at radius 1 is 1.17 bits per heavy atom. The number of hydrogen-bond donors (Lipinski definition) is 2. The molecule has 2 N–H and O–H groups in total. The molecular weight excluding hydrogens is 377 g/mol. The van der Waals surface area contributed by atoms with E-state index in [1.807, 2.05) is 18.7 Å².